The molecule has 2 fully saturated rings. The fourth-order valence-electron chi connectivity index (χ4n) is 2.20. The number of fused-ring (bicyclic) bond motifs is 2. The lowest BCUT2D eigenvalue weighted by Gasteiger charge is -2.26. The molecule has 2 aliphatic rings. The molecule has 2 saturated heterocycles. The molecule has 0 radical (unpaired) electrons. The molecule has 3 nitrogen and oxygen atoms in total. The molecule has 1 aromatic heterocycles. The molecule has 2 aliphatic heterocycles. The molecule has 1 aromatic rings. The monoisotopic (exact) mass is 209 g/mol. The van der Waals surface area contributed by atoms with E-state index < -0.39 is 0 Å². The van der Waals surface area contributed by atoms with Crippen LogP contribution in [0.4, 0.5) is 0 Å². The van der Waals surface area contributed by atoms with Crippen LogP contribution in [0.15, 0.2) is 16.8 Å². The molecule has 3 heterocycles. The van der Waals surface area contributed by atoms with Crippen LogP contribution in [0.3, 0.4) is 0 Å². The molecular weight excluding hydrogens is 198 g/mol. The number of nitrogens with zero attached hydrogens (tertiary/aromatic N) is 1. The summed E-state index contributed by atoms with van der Waals surface area (Å²) in [7, 11) is 0. The van der Waals surface area contributed by atoms with Crippen molar-refractivity contribution in [1.82, 2.24) is 4.90 Å². The highest BCUT2D eigenvalue weighted by molar-refractivity contribution is 7.08. The molecular formula is C10H11NO2S. The number of hydrogen-bond donors (Lipinski definition) is 0. The lowest BCUT2D eigenvalue weighted by Crippen LogP contribution is -2.41. The Bertz CT molecular complexity index is 349. The minimum Gasteiger partial charge on any atom is -0.374 e. The third-order valence-corrected chi connectivity index (χ3v) is 3.61. The molecule has 0 aliphatic carbocycles. The zero-order valence-corrected chi connectivity index (χ0v) is 8.50. The van der Waals surface area contributed by atoms with E-state index >= 15 is 0 Å². The Morgan fingerprint density at radius 3 is 3.14 bits per heavy atom. The topological polar surface area (TPSA) is 29.5 Å². The first kappa shape index (κ1) is 8.44. The van der Waals surface area contributed by atoms with E-state index in [9.17, 15) is 4.79 Å². The lowest BCUT2D eigenvalue weighted by atomic mass is 10.2. The molecule has 0 saturated carbocycles. The second kappa shape index (κ2) is 3.07. The smallest absolute Gasteiger partial charge is 0.255 e. The van der Waals surface area contributed by atoms with Crippen LogP contribution >= 0.6 is 11.3 Å². The third kappa shape index (κ3) is 1.18. The van der Waals surface area contributed by atoms with E-state index in [1.807, 2.05) is 21.7 Å². The first-order valence-electron chi connectivity index (χ1n) is 4.79. The molecule has 0 aromatic carbocycles. The van der Waals surface area contributed by atoms with Crippen molar-refractivity contribution < 1.29 is 9.53 Å². The van der Waals surface area contributed by atoms with Gasteiger partial charge in [-0.25, -0.2) is 0 Å². The van der Waals surface area contributed by atoms with Crippen LogP contribution < -0.4 is 0 Å². The van der Waals surface area contributed by atoms with Crippen LogP contribution in [0.2, 0.25) is 0 Å². The van der Waals surface area contributed by atoms with Gasteiger partial charge in [0, 0.05) is 11.9 Å². The Labute approximate surface area is 86.3 Å². The van der Waals surface area contributed by atoms with Gasteiger partial charge in [0.25, 0.3) is 5.91 Å². The Morgan fingerprint density at radius 2 is 2.57 bits per heavy atom. The zero-order chi connectivity index (χ0) is 9.54. The van der Waals surface area contributed by atoms with Gasteiger partial charge in [0.2, 0.25) is 0 Å². The Hall–Kier alpha value is -0.870. The van der Waals surface area contributed by atoms with Crippen molar-refractivity contribution in [3.05, 3.63) is 22.4 Å². The van der Waals surface area contributed by atoms with Gasteiger partial charge in [-0.2, -0.15) is 11.3 Å². The molecule has 0 N–H and O–H groups in total. The first-order valence-corrected chi connectivity index (χ1v) is 5.73. The third-order valence-electron chi connectivity index (χ3n) is 2.93. The Morgan fingerprint density at radius 1 is 1.64 bits per heavy atom. The molecule has 14 heavy (non-hydrogen) atoms. The summed E-state index contributed by atoms with van der Waals surface area (Å²) in [6.07, 6.45) is 1.32. The zero-order valence-electron chi connectivity index (χ0n) is 7.68. The maximum Gasteiger partial charge on any atom is 0.255 e. The van der Waals surface area contributed by atoms with Crippen LogP contribution in [0, 0.1) is 0 Å². The van der Waals surface area contributed by atoms with Crippen LogP contribution in [0.5, 0.6) is 0 Å². The van der Waals surface area contributed by atoms with Gasteiger partial charge in [0.1, 0.15) is 0 Å². The molecule has 3 rings (SSSR count). The molecule has 0 unspecified atom stereocenters. The summed E-state index contributed by atoms with van der Waals surface area (Å²) in [4.78, 5) is 13.9. The molecule has 2 bridgehead atoms. The van der Waals surface area contributed by atoms with Gasteiger partial charge in [-0.3, -0.25) is 4.79 Å². The standard InChI is InChI=1S/C10H11NO2S/c12-10(7-1-2-14-6-7)11-4-9-3-8(11)5-13-9/h1-2,6,8-9H,3-5H2/t8-,9+/m0/s1. The van der Waals surface area contributed by atoms with Crippen molar-refractivity contribution in [2.24, 2.45) is 0 Å². The molecule has 1 amide bonds. The SMILES string of the molecule is O=C(c1ccsc1)N1C[C@H]2C[C@H]1CO2. The molecule has 2 atom stereocenters. The number of amides is 1. The normalized spacial score (nSPS) is 29.9. The van der Waals surface area contributed by atoms with Crippen molar-refractivity contribution in [2.75, 3.05) is 13.2 Å². The van der Waals surface area contributed by atoms with E-state index in [0.717, 1.165) is 25.1 Å². The van der Waals surface area contributed by atoms with E-state index in [1.54, 1.807) is 11.3 Å². The van der Waals surface area contributed by atoms with Crippen LogP contribution in [0.1, 0.15) is 16.8 Å². The minimum absolute atomic E-state index is 0.169. The maximum atomic E-state index is 12.0. The quantitative estimate of drug-likeness (QED) is 0.699. The number of hydrogen-bond acceptors (Lipinski definition) is 3. The van der Waals surface area contributed by atoms with Crippen molar-refractivity contribution in [1.29, 1.82) is 0 Å². The second-order valence-electron chi connectivity index (χ2n) is 3.81. The summed E-state index contributed by atoms with van der Waals surface area (Å²) in [5, 5.41) is 3.85. The minimum atomic E-state index is 0.169. The summed E-state index contributed by atoms with van der Waals surface area (Å²) in [6.45, 7) is 1.50. The van der Waals surface area contributed by atoms with E-state index in [0.29, 0.717) is 12.1 Å². The number of likely N-dealkylation sites (tertiary alicyclic amines) is 1. The van der Waals surface area contributed by atoms with Gasteiger partial charge in [0.15, 0.2) is 0 Å². The first-order chi connectivity index (χ1) is 6.84. The van der Waals surface area contributed by atoms with Crippen molar-refractivity contribution in [2.45, 2.75) is 18.6 Å². The van der Waals surface area contributed by atoms with Gasteiger partial charge in [-0.15, -0.1) is 0 Å². The summed E-state index contributed by atoms with van der Waals surface area (Å²) in [5.74, 6) is 0.169. The Kier molecular flexibility index (Phi) is 1.85. The predicted octanol–water partition coefficient (Wildman–Crippen LogP) is 1.36. The molecule has 74 valence electrons. The summed E-state index contributed by atoms with van der Waals surface area (Å²) >= 11 is 1.57. The Balaban J connectivity index is 1.81. The number of ether oxygens (including phenoxy) is 1. The van der Waals surface area contributed by atoms with Gasteiger partial charge in [-0.05, 0) is 17.9 Å². The fraction of sp³-hybridized carbons (Fsp3) is 0.500. The summed E-state index contributed by atoms with van der Waals surface area (Å²) in [5.41, 5.74) is 0.822. The highest BCUT2D eigenvalue weighted by atomic mass is 32.1. The van der Waals surface area contributed by atoms with Crippen LogP contribution in [-0.4, -0.2) is 36.1 Å². The fourth-order valence-corrected chi connectivity index (χ4v) is 2.83. The maximum absolute atomic E-state index is 12.0. The van der Waals surface area contributed by atoms with E-state index in [2.05, 4.69) is 0 Å². The van der Waals surface area contributed by atoms with Crippen molar-refractivity contribution in [3.8, 4) is 0 Å². The number of carbonyl (C=O) groups excluding carboxylic acids is 1. The number of rotatable bonds is 1. The molecule has 0 spiro atoms. The van der Waals surface area contributed by atoms with Crippen LogP contribution in [0.25, 0.3) is 0 Å². The van der Waals surface area contributed by atoms with E-state index in [4.69, 9.17) is 4.74 Å². The van der Waals surface area contributed by atoms with E-state index in [-0.39, 0.29) is 5.91 Å². The van der Waals surface area contributed by atoms with Crippen LogP contribution in [-0.2, 0) is 4.74 Å². The highest BCUT2D eigenvalue weighted by Crippen LogP contribution is 2.29. The average Bonchev–Trinajstić information content (AvgIpc) is 2.93. The van der Waals surface area contributed by atoms with Gasteiger partial charge in [-0.1, -0.05) is 0 Å². The number of thiophene rings is 1. The van der Waals surface area contributed by atoms with E-state index in [1.165, 1.54) is 0 Å². The average molecular weight is 209 g/mol. The van der Waals surface area contributed by atoms with Crippen molar-refractivity contribution in [3.63, 3.8) is 0 Å². The predicted molar refractivity (Wildman–Crippen MR) is 53.5 cm³/mol. The molecule has 4 heteroatoms. The van der Waals surface area contributed by atoms with Gasteiger partial charge < -0.3 is 9.64 Å². The number of carbonyl (C=O) groups is 1. The lowest BCUT2D eigenvalue weighted by molar-refractivity contribution is 0.0259. The van der Waals surface area contributed by atoms with Crippen molar-refractivity contribution >= 4 is 17.2 Å². The van der Waals surface area contributed by atoms with Gasteiger partial charge >= 0.3 is 0 Å². The summed E-state index contributed by atoms with van der Waals surface area (Å²) < 4.78 is 5.46. The van der Waals surface area contributed by atoms with Gasteiger partial charge in [0.05, 0.1) is 24.3 Å². The highest BCUT2D eigenvalue weighted by Gasteiger charge is 2.41. The summed E-state index contributed by atoms with van der Waals surface area (Å²) in [6, 6.07) is 2.22. The number of morpholine rings is 1. The second-order valence-corrected chi connectivity index (χ2v) is 4.59. The largest absolute Gasteiger partial charge is 0.374 e.